The number of rotatable bonds is 4. The van der Waals surface area contributed by atoms with Crippen molar-refractivity contribution in [3.63, 3.8) is 0 Å². The largest absolute Gasteiger partial charge is 0.479 e. The topological polar surface area (TPSA) is 101 Å². The number of morpholine rings is 1. The number of hydrogen-bond donors (Lipinski definition) is 1. The number of benzene rings is 1. The van der Waals surface area contributed by atoms with Crippen LogP contribution in [0.1, 0.15) is 17.3 Å². The molecule has 9 heteroatoms. The van der Waals surface area contributed by atoms with Crippen molar-refractivity contribution >= 4 is 21.7 Å². The van der Waals surface area contributed by atoms with E-state index in [0.717, 1.165) is 23.1 Å². The lowest BCUT2D eigenvalue weighted by molar-refractivity contribution is -0.154. The molecule has 1 saturated heterocycles. The first-order valence-corrected chi connectivity index (χ1v) is 8.57. The highest BCUT2D eigenvalue weighted by atomic mass is 32.2. The van der Waals surface area contributed by atoms with Gasteiger partial charge >= 0.3 is 5.97 Å². The Morgan fingerprint density at radius 3 is 2.74 bits per heavy atom. The van der Waals surface area contributed by atoms with Crippen molar-refractivity contribution < 1.29 is 32.2 Å². The zero-order valence-electron chi connectivity index (χ0n) is 12.4. The molecule has 0 saturated carbocycles. The number of hydrogen-bond acceptors (Lipinski definition) is 5. The van der Waals surface area contributed by atoms with Gasteiger partial charge in [-0.05, 0) is 18.2 Å². The molecule has 0 aliphatic carbocycles. The van der Waals surface area contributed by atoms with E-state index < -0.39 is 39.2 Å². The van der Waals surface area contributed by atoms with Crippen molar-refractivity contribution in [1.29, 1.82) is 0 Å². The van der Waals surface area contributed by atoms with Gasteiger partial charge in [0.2, 0.25) is 0 Å². The van der Waals surface area contributed by atoms with Gasteiger partial charge in [0.05, 0.1) is 29.4 Å². The van der Waals surface area contributed by atoms with E-state index in [1.165, 1.54) is 6.92 Å². The summed E-state index contributed by atoms with van der Waals surface area (Å²) in [6, 6.07) is 3.01. The van der Waals surface area contributed by atoms with Crippen LogP contribution in [0.4, 0.5) is 4.39 Å². The Morgan fingerprint density at radius 2 is 2.13 bits per heavy atom. The average molecular weight is 345 g/mol. The van der Waals surface area contributed by atoms with Gasteiger partial charge in [-0.3, -0.25) is 4.79 Å². The molecule has 1 amide bonds. The van der Waals surface area contributed by atoms with Crippen LogP contribution >= 0.6 is 0 Å². The Labute approximate surface area is 132 Å². The summed E-state index contributed by atoms with van der Waals surface area (Å²) in [6.07, 6.45) is -1.18. The Bertz CT molecular complexity index is 733. The molecule has 0 radical (unpaired) electrons. The van der Waals surface area contributed by atoms with E-state index in [1.54, 1.807) is 0 Å². The first kappa shape index (κ1) is 17.4. The summed E-state index contributed by atoms with van der Waals surface area (Å²) in [5, 5.41) is 8.93. The zero-order chi connectivity index (χ0) is 17.2. The number of halogens is 1. The van der Waals surface area contributed by atoms with Gasteiger partial charge in [-0.2, -0.15) is 0 Å². The van der Waals surface area contributed by atoms with E-state index in [1.807, 2.05) is 0 Å². The van der Waals surface area contributed by atoms with Crippen LogP contribution in [0.25, 0.3) is 0 Å². The number of amides is 1. The summed E-state index contributed by atoms with van der Waals surface area (Å²) in [7, 11) is -3.58. The number of nitrogens with zero attached hydrogens (tertiary/aromatic N) is 1. The smallest absolute Gasteiger partial charge is 0.334 e. The number of carbonyl (C=O) groups excluding carboxylic acids is 1. The molecule has 0 spiro atoms. The van der Waals surface area contributed by atoms with Crippen molar-refractivity contribution in [2.24, 2.45) is 0 Å². The highest BCUT2D eigenvalue weighted by molar-refractivity contribution is 7.91. The molecule has 0 bridgehead atoms. The fourth-order valence-corrected chi connectivity index (χ4v) is 3.09. The van der Waals surface area contributed by atoms with Crippen molar-refractivity contribution in [1.82, 2.24) is 4.90 Å². The Kier molecular flexibility index (Phi) is 5.00. The maximum Gasteiger partial charge on any atom is 0.334 e. The summed E-state index contributed by atoms with van der Waals surface area (Å²) in [6.45, 7) is 1.34. The summed E-state index contributed by atoms with van der Waals surface area (Å²) in [4.78, 5) is 24.3. The van der Waals surface area contributed by atoms with E-state index in [-0.39, 0.29) is 30.3 Å². The molecule has 23 heavy (non-hydrogen) atoms. The van der Waals surface area contributed by atoms with Crippen molar-refractivity contribution in [3.8, 4) is 0 Å². The monoisotopic (exact) mass is 345 g/mol. The SMILES string of the molecule is CCS(=O)(=O)c1ccc(F)c(C(=O)N2CCO[C@@H](C(=O)O)C2)c1. The second-order valence-electron chi connectivity index (χ2n) is 4.99. The Hall–Kier alpha value is -2.00. The summed E-state index contributed by atoms with van der Waals surface area (Å²) in [5.41, 5.74) is -0.398. The molecule has 1 aromatic rings. The number of carboxylic acids is 1. The molecular formula is C14H16FNO6S. The minimum absolute atomic E-state index is 0.0112. The van der Waals surface area contributed by atoms with Gasteiger partial charge in [-0.15, -0.1) is 0 Å². The predicted molar refractivity (Wildman–Crippen MR) is 77.4 cm³/mol. The molecular weight excluding hydrogens is 329 g/mol. The number of sulfone groups is 1. The van der Waals surface area contributed by atoms with Gasteiger partial charge < -0.3 is 14.7 Å². The van der Waals surface area contributed by atoms with E-state index in [9.17, 15) is 22.4 Å². The third-order valence-electron chi connectivity index (χ3n) is 3.54. The molecule has 0 unspecified atom stereocenters. The van der Waals surface area contributed by atoms with E-state index in [0.29, 0.717) is 0 Å². The molecule has 1 heterocycles. The van der Waals surface area contributed by atoms with Crippen LogP contribution in [-0.2, 0) is 19.4 Å². The lowest BCUT2D eigenvalue weighted by Crippen LogP contribution is -2.48. The van der Waals surface area contributed by atoms with E-state index in [2.05, 4.69) is 0 Å². The second-order valence-corrected chi connectivity index (χ2v) is 7.27. The first-order chi connectivity index (χ1) is 10.8. The van der Waals surface area contributed by atoms with Gasteiger partial charge in [-0.1, -0.05) is 6.92 Å². The van der Waals surface area contributed by atoms with Crippen LogP contribution in [0.15, 0.2) is 23.1 Å². The normalized spacial score (nSPS) is 18.7. The highest BCUT2D eigenvalue weighted by Crippen LogP contribution is 2.19. The van der Waals surface area contributed by atoms with Crippen LogP contribution in [0.3, 0.4) is 0 Å². The molecule has 1 aliphatic rings. The number of ether oxygens (including phenoxy) is 1. The number of aliphatic carboxylic acids is 1. The minimum atomic E-state index is -3.58. The standard InChI is InChI=1S/C14H16FNO6S/c1-2-23(20,21)9-3-4-11(15)10(7-9)13(17)16-5-6-22-12(8-16)14(18)19/h3-4,7,12H,2,5-6,8H2,1H3,(H,18,19)/t12-/m1/s1. The maximum absolute atomic E-state index is 13.9. The van der Waals surface area contributed by atoms with Crippen LogP contribution in [0, 0.1) is 5.82 Å². The summed E-state index contributed by atoms with van der Waals surface area (Å²) < 4.78 is 42.7. The molecule has 1 atom stereocenters. The zero-order valence-corrected chi connectivity index (χ0v) is 13.2. The molecule has 0 aromatic heterocycles. The fourth-order valence-electron chi connectivity index (χ4n) is 2.18. The summed E-state index contributed by atoms with van der Waals surface area (Å²) >= 11 is 0. The van der Waals surface area contributed by atoms with Gasteiger partial charge in [-0.25, -0.2) is 17.6 Å². The molecule has 1 fully saturated rings. The maximum atomic E-state index is 13.9. The van der Waals surface area contributed by atoms with Crippen LogP contribution < -0.4 is 0 Å². The second kappa shape index (κ2) is 6.63. The first-order valence-electron chi connectivity index (χ1n) is 6.92. The fraction of sp³-hybridized carbons (Fsp3) is 0.429. The Morgan fingerprint density at radius 1 is 1.43 bits per heavy atom. The van der Waals surface area contributed by atoms with Crippen LogP contribution in [0.2, 0.25) is 0 Å². The van der Waals surface area contributed by atoms with Crippen LogP contribution in [-0.4, -0.2) is 61.9 Å². The summed E-state index contributed by atoms with van der Waals surface area (Å²) in [5.74, 6) is -3.01. The molecule has 1 aromatic carbocycles. The van der Waals surface area contributed by atoms with Crippen molar-refractivity contribution in [2.75, 3.05) is 25.4 Å². The quantitative estimate of drug-likeness (QED) is 0.800. The molecule has 1 aliphatic heterocycles. The number of carbonyl (C=O) groups is 2. The molecule has 7 nitrogen and oxygen atoms in total. The van der Waals surface area contributed by atoms with Gasteiger partial charge in [0.1, 0.15) is 5.82 Å². The third-order valence-corrected chi connectivity index (χ3v) is 5.27. The molecule has 1 N–H and O–H groups in total. The minimum Gasteiger partial charge on any atom is -0.479 e. The van der Waals surface area contributed by atoms with Crippen molar-refractivity contribution in [2.45, 2.75) is 17.9 Å². The van der Waals surface area contributed by atoms with Gasteiger partial charge in [0.15, 0.2) is 15.9 Å². The lowest BCUT2D eigenvalue weighted by atomic mass is 10.1. The predicted octanol–water partition coefficient (Wildman–Crippen LogP) is 0.545. The highest BCUT2D eigenvalue weighted by Gasteiger charge is 2.31. The van der Waals surface area contributed by atoms with E-state index in [4.69, 9.17) is 9.84 Å². The van der Waals surface area contributed by atoms with Crippen molar-refractivity contribution in [3.05, 3.63) is 29.6 Å². The van der Waals surface area contributed by atoms with Gasteiger partial charge in [0, 0.05) is 6.54 Å². The number of carboxylic acid groups (broad SMARTS) is 1. The average Bonchev–Trinajstić information content (AvgIpc) is 2.54. The van der Waals surface area contributed by atoms with Gasteiger partial charge in [0.25, 0.3) is 5.91 Å². The molecule has 126 valence electrons. The lowest BCUT2D eigenvalue weighted by Gasteiger charge is -2.31. The third kappa shape index (κ3) is 3.67. The molecule has 2 rings (SSSR count). The van der Waals surface area contributed by atoms with Crippen LogP contribution in [0.5, 0.6) is 0 Å². The van der Waals surface area contributed by atoms with E-state index >= 15 is 0 Å². The Balaban J connectivity index is 2.32.